The Kier molecular flexibility index (Phi) is 8.72. The molecule has 0 spiro atoms. The fraction of sp³-hybridized carbons (Fsp3) is 0.348. The van der Waals surface area contributed by atoms with Crippen LogP contribution in [0.4, 0.5) is 0 Å². The van der Waals surface area contributed by atoms with Gasteiger partial charge in [-0.05, 0) is 35.9 Å². The molecule has 6 N–H and O–H groups in total. The Balaban J connectivity index is 1.76. The van der Waals surface area contributed by atoms with Crippen LogP contribution in [0, 0.1) is 0 Å². The van der Waals surface area contributed by atoms with E-state index in [1.54, 1.807) is 18.2 Å². The van der Waals surface area contributed by atoms with Gasteiger partial charge in [0.1, 0.15) is 17.9 Å². The highest BCUT2D eigenvalue weighted by molar-refractivity contribution is 7.98. The van der Waals surface area contributed by atoms with E-state index in [1.807, 2.05) is 23.8 Å². The molecule has 2 aromatic rings. The number of primary amides is 1. The molecule has 0 fully saturated rings. The quantitative estimate of drug-likeness (QED) is 0.317. The smallest absolute Gasteiger partial charge is 0.255 e. The molecule has 182 valence electrons. The summed E-state index contributed by atoms with van der Waals surface area (Å²) in [6, 6.07) is 6.77. The highest BCUT2D eigenvalue weighted by atomic mass is 32.2. The Bertz CT molecular complexity index is 1070. The zero-order chi connectivity index (χ0) is 24.8. The molecular weight excluding hydrogens is 478 g/mol. The number of nitrogens with one attached hydrogen (secondary N) is 2. The largest absolute Gasteiger partial charge is 0.496 e. The Morgan fingerprint density at radius 1 is 1.26 bits per heavy atom. The van der Waals surface area contributed by atoms with Gasteiger partial charge >= 0.3 is 0 Å². The molecule has 0 saturated carbocycles. The first-order valence-electron chi connectivity index (χ1n) is 10.5. The molecule has 0 radical (unpaired) electrons. The number of carbonyl (C=O) groups excluding carboxylic acids is 3. The van der Waals surface area contributed by atoms with Crippen molar-refractivity contribution in [2.75, 3.05) is 13.4 Å². The van der Waals surface area contributed by atoms with E-state index >= 15 is 0 Å². The lowest BCUT2D eigenvalue weighted by molar-refractivity contribution is -0.125. The molecule has 34 heavy (non-hydrogen) atoms. The molecule has 1 aromatic carbocycles. The summed E-state index contributed by atoms with van der Waals surface area (Å²) in [6.45, 7) is 0. The van der Waals surface area contributed by atoms with Crippen LogP contribution >= 0.6 is 23.1 Å². The lowest BCUT2D eigenvalue weighted by atomic mass is 9.89. The molecule has 0 saturated heterocycles. The molecule has 0 bridgehead atoms. The molecule has 1 aliphatic rings. The van der Waals surface area contributed by atoms with Crippen LogP contribution in [0.15, 0.2) is 52.3 Å². The summed E-state index contributed by atoms with van der Waals surface area (Å²) in [4.78, 5) is 39.4. The summed E-state index contributed by atoms with van der Waals surface area (Å²) in [7, 11) is 1.45. The van der Waals surface area contributed by atoms with E-state index in [-0.39, 0.29) is 24.0 Å². The second-order valence-corrected chi connectivity index (χ2v) is 9.64. The van der Waals surface area contributed by atoms with Crippen LogP contribution in [0.3, 0.4) is 0 Å². The van der Waals surface area contributed by atoms with Crippen molar-refractivity contribution < 1.29 is 29.3 Å². The third-order valence-corrected chi connectivity index (χ3v) is 7.07. The van der Waals surface area contributed by atoms with Gasteiger partial charge in [0, 0.05) is 28.2 Å². The molecular formula is C23H27N3O6S2. The topological polar surface area (TPSA) is 151 Å². The average Bonchev–Trinajstić information content (AvgIpc) is 3.33. The number of methoxy groups -OCH3 is 1. The van der Waals surface area contributed by atoms with E-state index in [2.05, 4.69) is 10.6 Å². The zero-order valence-corrected chi connectivity index (χ0v) is 20.3. The number of benzene rings is 1. The van der Waals surface area contributed by atoms with E-state index in [0.717, 1.165) is 9.77 Å². The van der Waals surface area contributed by atoms with Gasteiger partial charge in [-0.1, -0.05) is 12.1 Å². The number of rotatable bonds is 9. The molecule has 0 unspecified atom stereocenters. The molecule has 3 rings (SSSR count). The Morgan fingerprint density at radius 2 is 2.03 bits per heavy atom. The average molecular weight is 506 g/mol. The number of amides is 3. The van der Waals surface area contributed by atoms with Gasteiger partial charge in [0.05, 0.1) is 24.8 Å². The normalized spacial score (nSPS) is 20.7. The maximum Gasteiger partial charge on any atom is 0.255 e. The van der Waals surface area contributed by atoms with Crippen molar-refractivity contribution in [1.82, 2.24) is 10.6 Å². The summed E-state index contributed by atoms with van der Waals surface area (Å²) in [6.07, 6.45) is 0.765. The predicted molar refractivity (Wildman–Crippen MR) is 130 cm³/mol. The number of carbonyl (C=O) groups is 3. The van der Waals surface area contributed by atoms with Gasteiger partial charge in [0.2, 0.25) is 11.8 Å². The maximum absolute atomic E-state index is 12.9. The number of aliphatic hydroxyl groups is 2. The zero-order valence-electron chi connectivity index (χ0n) is 18.7. The summed E-state index contributed by atoms with van der Waals surface area (Å²) in [5.41, 5.74) is 5.83. The van der Waals surface area contributed by atoms with Crippen molar-refractivity contribution in [3.05, 3.63) is 57.8 Å². The first-order valence-corrected chi connectivity index (χ1v) is 12.6. The van der Waals surface area contributed by atoms with E-state index in [4.69, 9.17) is 10.5 Å². The minimum absolute atomic E-state index is 0.130. The van der Waals surface area contributed by atoms with Gasteiger partial charge in [-0.2, -0.15) is 0 Å². The number of aliphatic hydroxyl groups excluding tert-OH is 2. The number of thioether (sulfide) groups is 1. The minimum Gasteiger partial charge on any atom is -0.496 e. The van der Waals surface area contributed by atoms with Crippen molar-refractivity contribution in [3.8, 4) is 5.75 Å². The number of hydrogen-bond donors (Lipinski definition) is 5. The van der Waals surface area contributed by atoms with Crippen LogP contribution in [-0.2, 0) is 16.0 Å². The van der Waals surface area contributed by atoms with E-state index in [0.29, 0.717) is 5.75 Å². The maximum atomic E-state index is 12.9. The first kappa shape index (κ1) is 25.8. The van der Waals surface area contributed by atoms with Crippen molar-refractivity contribution in [2.45, 2.75) is 42.0 Å². The molecule has 1 aromatic heterocycles. The van der Waals surface area contributed by atoms with Crippen LogP contribution in [0.5, 0.6) is 5.75 Å². The minimum atomic E-state index is -1.32. The van der Waals surface area contributed by atoms with Gasteiger partial charge in [0.15, 0.2) is 0 Å². The third kappa shape index (κ3) is 6.17. The van der Waals surface area contributed by atoms with E-state index < -0.39 is 42.0 Å². The standard InChI is InChI=1S/C23H27N3O6S2/c1-32-19-11-13(33-2)5-6-15(19)23(31)25-16-8-12(9-18(27)20(16)28)22(30)26-17(21(24)29)10-14-4-3-7-34-14/h3-8,11,16-18,20,27-28H,9-10H2,1-2H3,(H2,24,29)(H,25,31)(H,26,30)/t16-,17+,18-,20-/m1/s1. The second kappa shape index (κ2) is 11.5. The summed E-state index contributed by atoms with van der Waals surface area (Å²) >= 11 is 2.93. The Labute approximate surface area is 205 Å². The first-order chi connectivity index (χ1) is 16.2. The van der Waals surface area contributed by atoms with Gasteiger partial charge < -0.3 is 31.3 Å². The highest BCUT2D eigenvalue weighted by Gasteiger charge is 2.35. The Hall–Kier alpha value is -2.86. The van der Waals surface area contributed by atoms with Crippen molar-refractivity contribution >= 4 is 40.8 Å². The van der Waals surface area contributed by atoms with Crippen LogP contribution in [0.1, 0.15) is 21.7 Å². The summed E-state index contributed by atoms with van der Waals surface area (Å²) < 4.78 is 5.31. The van der Waals surface area contributed by atoms with E-state index in [9.17, 15) is 24.6 Å². The number of thiophene rings is 1. The number of ether oxygens (including phenoxy) is 1. The van der Waals surface area contributed by atoms with Gasteiger partial charge in [-0.15, -0.1) is 23.1 Å². The molecule has 9 nitrogen and oxygen atoms in total. The number of hydrogen-bond acceptors (Lipinski definition) is 8. The van der Waals surface area contributed by atoms with Crippen LogP contribution < -0.4 is 21.1 Å². The van der Waals surface area contributed by atoms with Gasteiger partial charge in [-0.25, -0.2) is 0 Å². The molecule has 1 aliphatic carbocycles. The summed E-state index contributed by atoms with van der Waals surface area (Å²) in [5, 5.41) is 27.9. The van der Waals surface area contributed by atoms with Crippen molar-refractivity contribution in [1.29, 1.82) is 0 Å². The molecule has 1 heterocycles. The van der Waals surface area contributed by atoms with Crippen LogP contribution in [0.25, 0.3) is 0 Å². The summed E-state index contributed by atoms with van der Waals surface area (Å²) in [5.74, 6) is -1.47. The Morgan fingerprint density at radius 3 is 2.65 bits per heavy atom. The molecule has 3 amide bonds. The molecule has 11 heteroatoms. The van der Waals surface area contributed by atoms with Crippen LogP contribution in [-0.4, -0.2) is 65.6 Å². The van der Waals surface area contributed by atoms with Crippen LogP contribution in [0.2, 0.25) is 0 Å². The highest BCUT2D eigenvalue weighted by Crippen LogP contribution is 2.26. The third-order valence-electron chi connectivity index (χ3n) is 5.45. The SMILES string of the molecule is COc1cc(SC)ccc1C(=O)N[C@@H]1C=C(C(=O)N[C@@H](Cc2cccs2)C(N)=O)C[C@@H](O)[C@@H]1O. The van der Waals surface area contributed by atoms with E-state index in [1.165, 1.54) is 36.3 Å². The second-order valence-electron chi connectivity index (χ2n) is 7.73. The molecule has 4 atom stereocenters. The van der Waals surface area contributed by atoms with Gasteiger partial charge in [0.25, 0.3) is 5.91 Å². The fourth-order valence-corrected chi connectivity index (χ4v) is 4.76. The lowest BCUT2D eigenvalue weighted by Crippen LogP contribution is -2.52. The van der Waals surface area contributed by atoms with Crippen molar-refractivity contribution in [2.24, 2.45) is 5.73 Å². The lowest BCUT2D eigenvalue weighted by Gasteiger charge is -2.31. The predicted octanol–water partition coefficient (Wildman–Crippen LogP) is 0.842. The van der Waals surface area contributed by atoms with Crippen molar-refractivity contribution in [3.63, 3.8) is 0 Å². The molecule has 0 aliphatic heterocycles. The number of nitrogens with two attached hydrogens (primary N) is 1. The van der Waals surface area contributed by atoms with Gasteiger partial charge in [-0.3, -0.25) is 14.4 Å². The monoisotopic (exact) mass is 505 g/mol. The fourth-order valence-electron chi connectivity index (χ4n) is 3.58.